The van der Waals surface area contributed by atoms with Gasteiger partial charge in [-0.3, -0.25) is 0 Å². The van der Waals surface area contributed by atoms with E-state index in [2.05, 4.69) is 0 Å². The first-order valence-corrected chi connectivity index (χ1v) is 7.70. The Morgan fingerprint density at radius 3 is 1.59 bits per heavy atom. The van der Waals surface area contributed by atoms with Crippen LogP contribution < -0.4 is 0 Å². The second-order valence-electron chi connectivity index (χ2n) is 6.01. The predicted octanol–water partition coefficient (Wildman–Crippen LogP) is 6.50. The highest BCUT2D eigenvalue weighted by molar-refractivity contribution is 5.64. The van der Waals surface area contributed by atoms with Gasteiger partial charge in [0.25, 0.3) is 0 Å². The topological polar surface area (TPSA) is 0 Å². The summed E-state index contributed by atoms with van der Waals surface area (Å²) in [5.74, 6) is -13.3. The highest BCUT2D eigenvalue weighted by Crippen LogP contribution is 2.40. The van der Waals surface area contributed by atoms with Crippen LogP contribution in [0.1, 0.15) is 16.7 Å². The van der Waals surface area contributed by atoms with Gasteiger partial charge in [-0.2, -0.15) is 8.78 Å². The Labute approximate surface area is 149 Å². The summed E-state index contributed by atoms with van der Waals surface area (Å²) in [5.41, 5.74) is -1.78. The van der Waals surface area contributed by atoms with E-state index in [1.54, 1.807) is 31.2 Å². The summed E-state index contributed by atoms with van der Waals surface area (Å²) < 4.78 is 97.3. The molecule has 3 rings (SSSR count). The molecule has 27 heavy (non-hydrogen) atoms. The van der Waals surface area contributed by atoms with E-state index in [0.717, 1.165) is 5.56 Å². The lowest BCUT2D eigenvalue weighted by Gasteiger charge is -2.20. The molecule has 0 fully saturated rings. The quantitative estimate of drug-likeness (QED) is 0.357. The lowest BCUT2D eigenvalue weighted by atomic mass is 9.95. The number of aryl methyl sites for hydroxylation is 1. The van der Waals surface area contributed by atoms with Gasteiger partial charge >= 0.3 is 5.92 Å². The van der Waals surface area contributed by atoms with Crippen LogP contribution in [0.4, 0.5) is 30.7 Å². The van der Waals surface area contributed by atoms with Gasteiger partial charge < -0.3 is 0 Å². The van der Waals surface area contributed by atoms with Crippen LogP contribution in [0, 0.1) is 36.0 Å². The molecule has 0 atom stereocenters. The molecule has 0 N–H and O–H groups in total. The molecule has 0 unspecified atom stereocenters. The molecule has 140 valence electrons. The lowest BCUT2D eigenvalue weighted by molar-refractivity contribution is 0.0339. The molecule has 0 aliphatic carbocycles. The monoisotopic (exact) mass is 384 g/mol. The first kappa shape index (κ1) is 18.9. The van der Waals surface area contributed by atoms with Crippen molar-refractivity contribution < 1.29 is 30.7 Å². The highest BCUT2D eigenvalue weighted by Gasteiger charge is 2.41. The third-order valence-corrected chi connectivity index (χ3v) is 4.09. The van der Waals surface area contributed by atoms with Crippen molar-refractivity contribution in [3.63, 3.8) is 0 Å². The van der Waals surface area contributed by atoms with Gasteiger partial charge in [0.05, 0.1) is 5.56 Å². The molecule has 7 heteroatoms. The van der Waals surface area contributed by atoms with Gasteiger partial charge in [0.1, 0.15) is 11.6 Å². The third kappa shape index (κ3) is 3.41. The fourth-order valence-corrected chi connectivity index (χ4v) is 2.67. The average molecular weight is 384 g/mol. The Bertz CT molecular complexity index is 961. The molecule has 0 saturated carbocycles. The Morgan fingerprint density at radius 2 is 1.11 bits per heavy atom. The van der Waals surface area contributed by atoms with Crippen molar-refractivity contribution in [1.82, 2.24) is 0 Å². The second kappa shape index (κ2) is 6.72. The van der Waals surface area contributed by atoms with Gasteiger partial charge in [-0.25, -0.2) is 22.0 Å². The second-order valence-corrected chi connectivity index (χ2v) is 6.01. The van der Waals surface area contributed by atoms with Gasteiger partial charge in [0.15, 0.2) is 17.5 Å². The van der Waals surface area contributed by atoms with E-state index >= 15 is 0 Å². The van der Waals surface area contributed by atoms with Crippen molar-refractivity contribution in [2.45, 2.75) is 12.8 Å². The molecule has 0 aromatic heterocycles. The van der Waals surface area contributed by atoms with E-state index < -0.39 is 46.1 Å². The van der Waals surface area contributed by atoms with Crippen molar-refractivity contribution in [3.8, 4) is 11.1 Å². The molecular weight excluding hydrogens is 373 g/mol. The van der Waals surface area contributed by atoms with Crippen molar-refractivity contribution in [3.05, 3.63) is 94.3 Å². The van der Waals surface area contributed by atoms with Crippen molar-refractivity contribution in [2.24, 2.45) is 0 Å². The fraction of sp³-hybridized carbons (Fsp3) is 0.100. The third-order valence-electron chi connectivity index (χ3n) is 4.09. The Balaban J connectivity index is 2.12. The number of rotatable bonds is 3. The van der Waals surface area contributed by atoms with Gasteiger partial charge in [-0.1, -0.05) is 29.8 Å². The molecule has 0 aliphatic heterocycles. The summed E-state index contributed by atoms with van der Waals surface area (Å²) in [6.07, 6.45) is 0. The molecule has 0 spiro atoms. The zero-order valence-corrected chi connectivity index (χ0v) is 13.8. The maximum absolute atomic E-state index is 14.6. The van der Waals surface area contributed by atoms with E-state index in [1.807, 2.05) is 0 Å². The van der Waals surface area contributed by atoms with E-state index in [1.165, 1.54) is 0 Å². The number of halogens is 7. The summed E-state index contributed by atoms with van der Waals surface area (Å²) in [6, 6.07) is 7.89. The predicted molar refractivity (Wildman–Crippen MR) is 85.8 cm³/mol. The molecule has 0 radical (unpaired) electrons. The van der Waals surface area contributed by atoms with Crippen molar-refractivity contribution >= 4 is 0 Å². The van der Waals surface area contributed by atoms with Crippen LogP contribution in [-0.4, -0.2) is 0 Å². The Morgan fingerprint density at radius 1 is 0.630 bits per heavy atom. The van der Waals surface area contributed by atoms with E-state index in [9.17, 15) is 30.7 Å². The normalized spacial score (nSPS) is 11.7. The summed E-state index contributed by atoms with van der Waals surface area (Å²) in [7, 11) is 0. The number of hydrogen-bond donors (Lipinski definition) is 0. The number of hydrogen-bond acceptors (Lipinski definition) is 0. The van der Waals surface area contributed by atoms with Gasteiger partial charge in [-0.15, -0.1) is 0 Å². The minimum atomic E-state index is -4.42. The van der Waals surface area contributed by atoms with E-state index in [0.29, 0.717) is 17.7 Å². The zero-order chi connectivity index (χ0) is 19.9. The Kier molecular flexibility index (Phi) is 4.71. The molecule has 3 aromatic rings. The molecular formula is C20H11F7. The van der Waals surface area contributed by atoms with Crippen LogP contribution in [0.15, 0.2) is 48.5 Å². The fourth-order valence-electron chi connectivity index (χ4n) is 2.67. The molecule has 0 aliphatic rings. The van der Waals surface area contributed by atoms with Crippen LogP contribution >= 0.6 is 0 Å². The van der Waals surface area contributed by atoms with Crippen LogP contribution in [0.25, 0.3) is 11.1 Å². The Hall–Kier alpha value is -2.83. The molecule has 0 nitrogen and oxygen atoms in total. The standard InChI is InChI=1S/C20H11F7/c1-10-2-4-11(5-3-10)12-6-14(21)18(15(22)7-12)20(26,27)13-8-16(23)19(25)17(24)9-13/h2-9H,1H3. The largest absolute Gasteiger partial charge is 0.304 e. The number of benzene rings is 3. The van der Waals surface area contributed by atoms with Crippen LogP contribution in [0.3, 0.4) is 0 Å². The maximum atomic E-state index is 14.6. The molecule has 0 heterocycles. The SMILES string of the molecule is Cc1ccc(-c2cc(F)c(C(F)(F)c3cc(F)c(F)c(F)c3)c(F)c2)cc1. The van der Waals surface area contributed by atoms with Gasteiger partial charge in [0.2, 0.25) is 0 Å². The maximum Gasteiger partial charge on any atom is 0.304 e. The molecule has 0 amide bonds. The summed E-state index contributed by atoms with van der Waals surface area (Å²) in [6.45, 7) is 1.80. The minimum Gasteiger partial charge on any atom is -0.206 e. The van der Waals surface area contributed by atoms with E-state index in [4.69, 9.17) is 0 Å². The average Bonchev–Trinajstić information content (AvgIpc) is 2.59. The number of alkyl halides is 2. The first-order chi connectivity index (χ1) is 12.6. The van der Waals surface area contributed by atoms with Crippen molar-refractivity contribution in [1.29, 1.82) is 0 Å². The van der Waals surface area contributed by atoms with Crippen LogP contribution in [0.2, 0.25) is 0 Å². The summed E-state index contributed by atoms with van der Waals surface area (Å²) in [4.78, 5) is 0. The van der Waals surface area contributed by atoms with Crippen LogP contribution in [-0.2, 0) is 5.92 Å². The lowest BCUT2D eigenvalue weighted by Crippen LogP contribution is -2.20. The summed E-state index contributed by atoms with van der Waals surface area (Å²) >= 11 is 0. The van der Waals surface area contributed by atoms with E-state index in [-0.39, 0.29) is 17.7 Å². The van der Waals surface area contributed by atoms with Gasteiger partial charge in [0, 0.05) is 5.56 Å². The van der Waals surface area contributed by atoms with Gasteiger partial charge in [-0.05, 0) is 42.3 Å². The highest BCUT2D eigenvalue weighted by atomic mass is 19.3. The van der Waals surface area contributed by atoms with Crippen molar-refractivity contribution in [2.75, 3.05) is 0 Å². The minimum absolute atomic E-state index is 0.00514. The zero-order valence-electron chi connectivity index (χ0n) is 13.8. The molecule has 0 bridgehead atoms. The smallest absolute Gasteiger partial charge is 0.206 e. The molecule has 0 saturated heterocycles. The van der Waals surface area contributed by atoms with Crippen LogP contribution in [0.5, 0.6) is 0 Å². The molecule has 3 aromatic carbocycles. The first-order valence-electron chi connectivity index (χ1n) is 7.70. The summed E-state index contributed by atoms with van der Waals surface area (Å²) in [5, 5.41) is 0.